The maximum absolute atomic E-state index is 12.7. The number of aryl methyl sites for hydroxylation is 2. The van der Waals surface area contributed by atoms with Gasteiger partial charge in [0.15, 0.2) is 5.13 Å². The normalized spacial score (nSPS) is 11.0. The molecule has 0 atom stereocenters. The molecule has 0 aliphatic rings. The molecule has 8 nitrogen and oxygen atoms in total. The van der Waals surface area contributed by atoms with Crippen molar-refractivity contribution in [2.75, 3.05) is 16.4 Å². The molecule has 0 saturated heterocycles. The van der Waals surface area contributed by atoms with Crippen LogP contribution in [0.3, 0.4) is 0 Å². The zero-order valence-corrected chi connectivity index (χ0v) is 18.9. The SMILES string of the molecule is Cc1nc2ccccn2c1-c1nc(Nc2cccc(C(=O)Nc3cccnc3N)c2)sc1C. The second-order valence-corrected chi connectivity index (χ2v) is 8.70. The molecule has 4 heterocycles. The molecule has 5 aromatic rings. The topological polar surface area (TPSA) is 110 Å². The second kappa shape index (κ2) is 8.36. The number of nitrogen functional groups attached to an aromatic ring is 1. The predicted molar refractivity (Wildman–Crippen MR) is 132 cm³/mol. The number of aromatic nitrogens is 4. The summed E-state index contributed by atoms with van der Waals surface area (Å²) >= 11 is 1.55. The van der Waals surface area contributed by atoms with Crippen LogP contribution in [0.4, 0.5) is 22.3 Å². The lowest BCUT2D eigenvalue weighted by Crippen LogP contribution is -2.13. The lowest BCUT2D eigenvalue weighted by molar-refractivity contribution is 0.102. The number of hydrogen-bond donors (Lipinski definition) is 3. The van der Waals surface area contributed by atoms with E-state index in [2.05, 4.69) is 25.0 Å². The first-order chi connectivity index (χ1) is 16.0. The summed E-state index contributed by atoms with van der Waals surface area (Å²) in [6.45, 7) is 4.04. The lowest BCUT2D eigenvalue weighted by Gasteiger charge is -2.09. The maximum Gasteiger partial charge on any atom is 0.255 e. The molecule has 1 aromatic carbocycles. The van der Waals surface area contributed by atoms with Gasteiger partial charge >= 0.3 is 0 Å². The monoisotopic (exact) mass is 455 g/mol. The minimum Gasteiger partial charge on any atom is -0.382 e. The average molecular weight is 456 g/mol. The van der Waals surface area contributed by atoms with Gasteiger partial charge in [0.2, 0.25) is 0 Å². The van der Waals surface area contributed by atoms with Crippen molar-refractivity contribution in [1.29, 1.82) is 0 Å². The summed E-state index contributed by atoms with van der Waals surface area (Å²) in [5, 5.41) is 6.86. The third-order valence-corrected chi connectivity index (χ3v) is 6.07. The molecule has 0 bridgehead atoms. The summed E-state index contributed by atoms with van der Waals surface area (Å²) in [7, 11) is 0. The molecule has 0 saturated carbocycles. The third-order valence-electron chi connectivity index (χ3n) is 5.19. The van der Waals surface area contributed by atoms with Gasteiger partial charge in [0.05, 0.1) is 17.1 Å². The van der Waals surface area contributed by atoms with Gasteiger partial charge in [0, 0.05) is 28.5 Å². The summed E-state index contributed by atoms with van der Waals surface area (Å²) in [5.74, 6) is 0.00400. The third kappa shape index (κ3) is 4.01. The number of benzene rings is 1. The number of hydrogen-bond acceptors (Lipinski definition) is 7. The maximum atomic E-state index is 12.7. The Labute approximate surface area is 194 Å². The molecule has 0 aliphatic heterocycles. The summed E-state index contributed by atoms with van der Waals surface area (Å²) in [5.41, 5.74) is 11.2. The number of carbonyl (C=O) groups is 1. The van der Waals surface area contributed by atoms with Crippen molar-refractivity contribution in [1.82, 2.24) is 19.4 Å². The number of nitrogens with zero attached hydrogens (tertiary/aromatic N) is 4. The van der Waals surface area contributed by atoms with Gasteiger partial charge in [-0.2, -0.15) is 0 Å². The van der Waals surface area contributed by atoms with Crippen LogP contribution in [-0.4, -0.2) is 25.3 Å². The van der Waals surface area contributed by atoms with Gasteiger partial charge in [0.1, 0.15) is 17.2 Å². The zero-order valence-electron chi connectivity index (χ0n) is 18.0. The van der Waals surface area contributed by atoms with Gasteiger partial charge in [-0.25, -0.2) is 15.0 Å². The van der Waals surface area contributed by atoms with Crippen LogP contribution >= 0.6 is 11.3 Å². The summed E-state index contributed by atoms with van der Waals surface area (Å²) in [6.07, 6.45) is 3.57. The van der Waals surface area contributed by atoms with Crippen LogP contribution in [0.2, 0.25) is 0 Å². The number of thiazole rings is 1. The Hall–Kier alpha value is -4.24. The van der Waals surface area contributed by atoms with E-state index in [1.807, 2.05) is 50.4 Å². The first kappa shape index (κ1) is 20.7. The van der Waals surface area contributed by atoms with E-state index in [0.29, 0.717) is 11.3 Å². The first-order valence-corrected chi connectivity index (χ1v) is 11.1. The molecule has 1 amide bonds. The fourth-order valence-electron chi connectivity index (χ4n) is 3.65. The van der Waals surface area contributed by atoms with Crippen molar-refractivity contribution >= 4 is 45.2 Å². The fraction of sp³-hybridized carbons (Fsp3) is 0.0833. The average Bonchev–Trinajstić information content (AvgIpc) is 3.33. The Morgan fingerprint density at radius 2 is 1.94 bits per heavy atom. The molecule has 0 spiro atoms. The van der Waals surface area contributed by atoms with Crippen molar-refractivity contribution in [2.45, 2.75) is 13.8 Å². The molecule has 4 N–H and O–H groups in total. The van der Waals surface area contributed by atoms with Gasteiger partial charge in [-0.15, -0.1) is 11.3 Å². The molecule has 0 radical (unpaired) electrons. The van der Waals surface area contributed by atoms with Crippen molar-refractivity contribution in [3.8, 4) is 11.4 Å². The second-order valence-electron chi connectivity index (χ2n) is 7.49. The van der Waals surface area contributed by atoms with Gasteiger partial charge in [-0.05, 0) is 56.3 Å². The Bertz CT molecular complexity index is 1490. The van der Waals surface area contributed by atoms with Crippen molar-refractivity contribution in [2.24, 2.45) is 0 Å². The largest absolute Gasteiger partial charge is 0.382 e. The molecule has 4 aromatic heterocycles. The number of amides is 1. The van der Waals surface area contributed by atoms with E-state index in [1.54, 1.807) is 41.8 Å². The highest BCUT2D eigenvalue weighted by atomic mass is 32.1. The fourth-order valence-corrected chi connectivity index (χ4v) is 4.48. The minimum atomic E-state index is -0.268. The van der Waals surface area contributed by atoms with E-state index in [1.165, 1.54) is 0 Å². The van der Waals surface area contributed by atoms with E-state index < -0.39 is 0 Å². The quantitative estimate of drug-likeness (QED) is 0.342. The molecule has 0 fully saturated rings. The number of nitrogens with two attached hydrogens (primary N) is 1. The predicted octanol–water partition coefficient (Wildman–Crippen LogP) is 5.05. The van der Waals surface area contributed by atoms with Gasteiger partial charge < -0.3 is 16.4 Å². The smallest absolute Gasteiger partial charge is 0.255 e. The van der Waals surface area contributed by atoms with Gasteiger partial charge in [0.25, 0.3) is 5.91 Å². The Balaban J connectivity index is 1.40. The summed E-state index contributed by atoms with van der Waals surface area (Å²) in [6, 6.07) is 16.6. The Kier molecular flexibility index (Phi) is 5.23. The van der Waals surface area contributed by atoms with Gasteiger partial charge in [-0.1, -0.05) is 12.1 Å². The number of pyridine rings is 2. The van der Waals surface area contributed by atoms with Crippen LogP contribution < -0.4 is 16.4 Å². The Morgan fingerprint density at radius 3 is 2.79 bits per heavy atom. The highest BCUT2D eigenvalue weighted by molar-refractivity contribution is 7.16. The number of anilines is 4. The highest BCUT2D eigenvalue weighted by Gasteiger charge is 2.18. The molecule has 0 aliphatic carbocycles. The lowest BCUT2D eigenvalue weighted by atomic mass is 10.2. The number of imidazole rings is 1. The van der Waals surface area contributed by atoms with Crippen LogP contribution in [0.15, 0.2) is 67.0 Å². The minimum absolute atomic E-state index is 0.268. The molecule has 164 valence electrons. The van der Waals surface area contributed by atoms with Crippen LogP contribution in [-0.2, 0) is 0 Å². The van der Waals surface area contributed by atoms with Crippen molar-refractivity contribution in [3.63, 3.8) is 0 Å². The van der Waals surface area contributed by atoms with E-state index in [4.69, 9.17) is 10.7 Å². The first-order valence-electron chi connectivity index (χ1n) is 10.3. The van der Waals surface area contributed by atoms with Crippen LogP contribution in [0.25, 0.3) is 17.0 Å². The number of rotatable bonds is 5. The van der Waals surface area contributed by atoms with Crippen molar-refractivity contribution < 1.29 is 4.79 Å². The summed E-state index contributed by atoms with van der Waals surface area (Å²) < 4.78 is 2.05. The highest BCUT2D eigenvalue weighted by Crippen LogP contribution is 2.34. The number of carbonyl (C=O) groups excluding carboxylic acids is 1. The van der Waals surface area contributed by atoms with Gasteiger partial charge in [-0.3, -0.25) is 9.20 Å². The van der Waals surface area contributed by atoms with E-state index >= 15 is 0 Å². The number of nitrogens with one attached hydrogen (secondary N) is 2. The molecular formula is C24H21N7OS. The Morgan fingerprint density at radius 1 is 1.06 bits per heavy atom. The van der Waals surface area contributed by atoms with Crippen LogP contribution in [0, 0.1) is 13.8 Å². The molecule has 0 unspecified atom stereocenters. The number of fused-ring (bicyclic) bond motifs is 1. The molecule has 9 heteroatoms. The van der Waals surface area contributed by atoms with Crippen molar-refractivity contribution in [3.05, 3.63) is 83.1 Å². The zero-order chi connectivity index (χ0) is 22.9. The van der Waals surface area contributed by atoms with E-state index in [9.17, 15) is 4.79 Å². The molecule has 5 rings (SSSR count). The molecular weight excluding hydrogens is 434 g/mol. The molecule has 33 heavy (non-hydrogen) atoms. The standard InChI is InChI=1S/C24H21N7OS/c1-14-21(31-12-4-3-10-19(31)27-14)20-15(2)33-24(30-20)28-17-8-5-7-16(13-17)23(32)29-18-9-6-11-26-22(18)25/h3-13H,1-2H3,(H2,25,26)(H,28,30)(H,29,32). The van der Waals surface area contributed by atoms with E-state index in [-0.39, 0.29) is 11.7 Å². The summed E-state index contributed by atoms with van der Waals surface area (Å²) in [4.78, 5) is 27.2. The van der Waals surface area contributed by atoms with Crippen LogP contribution in [0.5, 0.6) is 0 Å². The van der Waals surface area contributed by atoms with E-state index in [0.717, 1.165) is 38.4 Å². The van der Waals surface area contributed by atoms with Crippen LogP contribution in [0.1, 0.15) is 20.9 Å².